The number of nitrogens with zero attached hydrogens (tertiary/aromatic N) is 4. The highest BCUT2D eigenvalue weighted by atomic mass is 35.5. The van der Waals surface area contributed by atoms with Crippen molar-refractivity contribution in [1.29, 1.82) is 0 Å². The molecule has 0 radical (unpaired) electrons. The van der Waals surface area contributed by atoms with Crippen LogP contribution in [0.25, 0.3) is 0 Å². The number of hydrogen-bond acceptors (Lipinski definition) is 7. The quantitative estimate of drug-likeness (QED) is 0.160. The van der Waals surface area contributed by atoms with Crippen molar-refractivity contribution in [3.05, 3.63) is 71.9 Å². The maximum Gasteiger partial charge on any atom is 0.250 e. The third-order valence-corrected chi connectivity index (χ3v) is 7.77. The van der Waals surface area contributed by atoms with Gasteiger partial charge in [0, 0.05) is 23.2 Å². The van der Waals surface area contributed by atoms with Gasteiger partial charge >= 0.3 is 0 Å². The fourth-order valence-electron chi connectivity index (χ4n) is 3.90. The van der Waals surface area contributed by atoms with Crippen molar-refractivity contribution in [3.8, 4) is 0 Å². The smallest absolute Gasteiger partial charge is 0.250 e. The predicted molar refractivity (Wildman–Crippen MR) is 161 cm³/mol. The molecule has 1 amide bonds. The average Bonchev–Trinajstić information content (AvgIpc) is 2.86. The summed E-state index contributed by atoms with van der Waals surface area (Å²) in [4.78, 5) is 25.4. The molecular weight excluding hydrogens is 519 g/mol. The maximum atomic E-state index is 12.8. The second-order valence-electron chi connectivity index (χ2n) is 9.71. The highest BCUT2D eigenvalue weighted by Crippen LogP contribution is 2.38. The zero-order valence-corrected chi connectivity index (χ0v) is 24.3. The summed E-state index contributed by atoms with van der Waals surface area (Å²) in [5.74, 6) is 0.573. The number of aryl methyl sites for hydroxylation is 1. The number of aromatic nitrogens is 2. The highest BCUT2D eigenvalue weighted by Gasteiger charge is 2.18. The van der Waals surface area contributed by atoms with E-state index in [2.05, 4.69) is 32.1 Å². The van der Waals surface area contributed by atoms with E-state index in [9.17, 15) is 9.36 Å². The van der Waals surface area contributed by atoms with Gasteiger partial charge in [-0.05, 0) is 89.6 Å². The van der Waals surface area contributed by atoms with Crippen LogP contribution in [0, 0.1) is 6.92 Å². The number of amides is 1. The van der Waals surface area contributed by atoms with Gasteiger partial charge in [-0.3, -0.25) is 4.79 Å². The zero-order valence-electron chi connectivity index (χ0n) is 22.7. The van der Waals surface area contributed by atoms with Crippen LogP contribution in [0.5, 0.6) is 0 Å². The highest BCUT2D eigenvalue weighted by molar-refractivity contribution is 7.70. The number of carbonyl (C=O) groups excluding carboxylic acids is 1. The van der Waals surface area contributed by atoms with Crippen molar-refractivity contribution in [1.82, 2.24) is 14.9 Å². The number of anilines is 5. The van der Waals surface area contributed by atoms with Crippen LogP contribution in [0.4, 0.5) is 28.8 Å². The van der Waals surface area contributed by atoms with Gasteiger partial charge in [0.25, 0.3) is 0 Å². The molecule has 38 heavy (non-hydrogen) atoms. The molecular formula is C28H36ClN6O2P. The third kappa shape index (κ3) is 7.90. The Bertz CT molecular complexity index is 1340. The van der Waals surface area contributed by atoms with Crippen molar-refractivity contribution in [2.45, 2.75) is 19.8 Å². The van der Waals surface area contributed by atoms with Crippen molar-refractivity contribution >= 4 is 58.8 Å². The average molecular weight is 555 g/mol. The molecule has 202 valence electrons. The van der Waals surface area contributed by atoms with E-state index in [4.69, 9.17) is 11.6 Å². The van der Waals surface area contributed by atoms with Gasteiger partial charge < -0.3 is 25.0 Å². The monoisotopic (exact) mass is 554 g/mol. The SMILES string of the molecule is C=CC(=O)N(CCCCN(C)C)c1ccc(C)c(Nc2ncc(Cl)c(Nc3ccccc3P(C)(C)=O)n2)c1. The van der Waals surface area contributed by atoms with Crippen LogP contribution in [0.15, 0.2) is 61.3 Å². The van der Waals surface area contributed by atoms with Gasteiger partial charge in [0.2, 0.25) is 11.9 Å². The molecule has 3 rings (SSSR count). The fourth-order valence-corrected chi connectivity index (χ4v) is 5.19. The first kappa shape index (κ1) is 29.4. The third-order valence-electron chi connectivity index (χ3n) is 5.94. The van der Waals surface area contributed by atoms with Gasteiger partial charge in [0.1, 0.15) is 12.2 Å². The number of halogens is 1. The predicted octanol–water partition coefficient (Wildman–Crippen LogP) is 6.03. The van der Waals surface area contributed by atoms with Crippen LogP contribution >= 0.6 is 18.7 Å². The molecule has 0 atom stereocenters. The minimum absolute atomic E-state index is 0.151. The molecule has 0 saturated heterocycles. The van der Waals surface area contributed by atoms with Crippen LogP contribution in [0.1, 0.15) is 18.4 Å². The summed E-state index contributed by atoms with van der Waals surface area (Å²) in [6.45, 7) is 10.6. The summed E-state index contributed by atoms with van der Waals surface area (Å²) in [7, 11) is 1.55. The zero-order chi connectivity index (χ0) is 27.9. The number of carbonyl (C=O) groups is 1. The molecule has 0 aliphatic rings. The normalized spacial score (nSPS) is 11.3. The Balaban J connectivity index is 1.86. The second kappa shape index (κ2) is 13.1. The lowest BCUT2D eigenvalue weighted by Crippen LogP contribution is -2.30. The van der Waals surface area contributed by atoms with E-state index in [0.717, 1.165) is 36.3 Å². The molecule has 1 heterocycles. The molecule has 1 aromatic heterocycles. The molecule has 0 bridgehead atoms. The van der Waals surface area contributed by atoms with E-state index < -0.39 is 7.14 Å². The largest absolute Gasteiger partial charge is 0.338 e. The Morgan fingerprint density at radius 3 is 2.47 bits per heavy atom. The summed E-state index contributed by atoms with van der Waals surface area (Å²) in [6.07, 6.45) is 4.70. The molecule has 8 nitrogen and oxygen atoms in total. The number of hydrogen-bond donors (Lipinski definition) is 2. The van der Waals surface area contributed by atoms with Crippen LogP contribution in [0.3, 0.4) is 0 Å². The van der Waals surface area contributed by atoms with Crippen molar-refractivity contribution in [2.24, 2.45) is 0 Å². The lowest BCUT2D eigenvalue weighted by atomic mass is 10.1. The number of rotatable bonds is 12. The first-order valence-corrected chi connectivity index (χ1v) is 15.4. The summed E-state index contributed by atoms with van der Waals surface area (Å²) < 4.78 is 12.8. The van der Waals surface area contributed by atoms with Crippen molar-refractivity contribution in [2.75, 3.05) is 56.0 Å². The van der Waals surface area contributed by atoms with E-state index in [0.29, 0.717) is 34.3 Å². The van der Waals surface area contributed by atoms with Gasteiger partial charge in [-0.1, -0.05) is 36.4 Å². The van der Waals surface area contributed by atoms with E-state index in [-0.39, 0.29) is 5.91 Å². The van der Waals surface area contributed by atoms with Gasteiger partial charge in [-0.2, -0.15) is 4.98 Å². The van der Waals surface area contributed by atoms with E-state index in [1.54, 1.807) is 18.2 Å². The van der Waals surface area contributed by atoms with Gasteiger partial charge in [0.15, 0.2) is 5.82 Å². The van der Waals surface area contributed by atoms with Gasteiger partial charge in [-0.15, -0.1) is 0 Å². The Labute approximate surface area is 230 Å². The number of nitrogens with one attached hydrogen (secondary N) is 2. The van der Waals surface area contributed by atoms with Crippen molar-refractivity contribution in [3.63, 3.8) is 0 Å². The first-order chi connectivity index (χ1) is 18.0. The number of benzene rings is 2. The maximum absolute atomic E-state index is 12.8. The Hall–Kier alpha value is -3.19. The summed E-state index contributed by atoms with van der Waals surface area (Å²) in [5.41, 5.74) is 3.16. The molecule has 0 fully saturated rings. The molecule has 0 saturated carbocycles. The number of unbranched alkanes of at least 4 members (excludes halogenated alkanes) is 1. The van der Waals surface area contributed by atoms with Crippen LogP contribution in [0.2, 0.25) is 5.02 Å². The molecule has 0 spiro atoms. The van der Waals surface area contributed by atoms with Gasteiger partial charge in [0.05, 0.1) is 11.9 Å². The van der Waals surface area contributed by atoms with Crippen molar-refractivity contribution < 1.29 is 9.36 Å². The Morgan fingerprint density at radius 1 is 1.08 bits per heavy atom. The molecule has 0 unspecified atom stereocenters. The van der Waals surface area contributed by atoms with E-state index in [1.165, 1.54) is 12.3 Å². The first-order valence-electron chi connectivity index (χ1n) is 12.4. The van der Waals surface area contributed by atoms with Crippen LogP contribution < -0.4 is 20.8 Å². The summed E-state index contributed by atoms with van der Waals surface area (Å²) in [5, 5.41) is 7.52. The Morgan fingerprint density at radius 2 is 1.79 bits per heavy atom. The molecule has 10 heteroatoms. The number of para-hydroxylation sites is 1. The fraction of sp³-hybridized carbons (Fsp3) is 0.321. The van der Waals surface area contributed by atoms with Crippen LogP contribution in [-0.2, 0) is 9.36 Å². The standard InChI is InChI=1S/C28H36ClN6O2P/c1-7-26(36)35(17-11-10-16-34(3)4)21-15-14-20(2)24(18-21)32-28-30-19-22(29)27(33-28)31-23-12-8-9-13-25(23)38(5,6)37/h7-9,12-15,18-19H,1,10-11,16-17H2,2-6H3,(H2,30,31,32,33). The van der Waals surface area contributed by atoms with E-state index >= 15 is 0 Å². The molecule has 0 aliphatic carbocycles. The van der Waals surface area contributed by atoms with Gasteiger partial charge in [-0.25, -0.2) is 4.98 Å². The molecule has 2 N–H and O–H groups in total. The van der Waals surface area contributed by atoms with E-state index in [1.807, 2.05) is 63.5 Å². The van der Waals surface area contributed by atoms with Crippen LogP contribution in [-0.4, -0.2) is 61.3 Å². The summed E-state index contributed by atoms with van der Waals surface area (Å²) >= 11 is 6.40. The second-order valence-corrected chi connectivity index (χ2v) is 13.3. The topological polar surface area (TPSA) is 90.5 Å². The molecule has 2 aromatic carbocycles. The molecule has 3 aromatic rings. The Kier molecular flexibility index (Phi) is 10.1. The summed E-state index contributed by atoms with van der Waals surface area (Å²) in [6, 6.07) is 13.2. The lowest BCUT2D eigenvalue weighted by Gasteiger charge is -2.23. The molecule has 0 aliphatic heterocycles. The minimum atomic E-state index is -2.53. The minimum Gasteiger partial charge on any atom is -0.338 e. The lowest BCUT2D eigenvalue weighted by molar-refractivity contribution is -0.114.